The predicted molar refractivity (Wildman–Crippen MR) is 245 cm³/mol. The van der Waals surface area contributed by atoms with Crippen LogP contribution in [0.25, 0.3) is 96.7 Å². The Morgan fingerprint density at radius 2 is 1.05 bits per heavy atom. The molecule has 12 aromatic rings. The number of thiophene rings is 1. The van der Waals surface area contributed by atoms with Crippen LogP contribution in [0.5, 0.6) is 0 Å². The average molecular weight is 744 g/mol. The number of nitrogens with zero attached hydrogens (tertiary/aromatic N) is 1. The summed E-state index contributed by atoms with van der Waals surface area (Å²) < 4.78 is 9.16. The predicted octanol–water partition coefficient (Wildman–Crippen LogP) is 16.2. The van der Waals surface area contributed by atoms with Crippen molar-refractivity contribution in [1.29, 1.82) is 0 Å². The summed E-state index contributed by atoms with van der Waals surface area (Å²) >= 11 is 1.86. The van der Waals surface area contributed by atoms with E-state index in [9.17, 15) is 0 Å². The lowest BCUT2D eigenvalue weighted by atomic mass is 9.97. The van der Waals surface area contributed by atoms with Gasteiger partial charge < -0.3 is 9.32 Å². The Morgan fingerprint density at radius 3 is 1.95 bits per heavy atom. The van der Waals surface area contributed by atoms with Gasteiger partial charge in [0.2, 0.25) is 0 Å². The van der Waals surface area contributed by atoms with Crippen LogP contribution in [-0.2, 0) is 0 Å². The minimum atomic E-state index is 0.897. The second-order valence-corrected chi connectivity index (χ2v) is 15.9. The molecule has 0 N–H and O–H groups in total. The van der Waals surface area contributed by atoms with E-state index in [-0.39, 0.29) is 0 Å². The third-order valence-corrected chi connectivity index (χ3v) is 12.8. The van der Waals surface area contributed by atoms with Gasteiger partial charge in [0.15, 0.2) is 0 Å². The molecule has 0 spiro atoms. The van der Waals surface area contributed by atoms with Gasteiger partial charge in [0, 0.05) is 43.0 Å². The second-order valence-electron chi connectivity index (χ2n) is 14.9. The molecule has 0 aliphatic carbocycles. The van der Waals surface area contributed by atoms with Crippen LogP contribution in [-0.4, -0.2) is 0 Å². The van der Waals surface area contributed by atoms with E-state index in [1.165, 1.54) is 58.2 Å². The van der Waals surface area contributed by atoms with E-state index >= 15 is 0 Å². The lowest BCUT2D eigenvalue weighted by molar-refractivity contribution is 0.673. The van der Waals surface area contributed by atoms with E-state index in [1.807, 2.05) is 11.3 Å². The normalized spacial score (nSPS) is 11.9. The van der Waals surface area contributed by atoms with E-state index in [0.29, 0.717) is 0 Å². The third-order valence-electron chi connectivity index (χ3n) is 11.6. The molecule has 0 amide bonds. The Morgan fingerprint density at radius 1 is 0.386 bits per heavy atom. The van der Waals surface area contributed by atoms with Crippen LogP contribution in [0.2, 0.25) is 0 Å². The molecule has 0 radical (unpaired) electrons. The van der Waals surface area contributed by atoms with Gasteiger partial charge in [0.25, 0.3) is 0 Å². The SMILES string of the molecule is c1cc(-c2cccc3oc4c5ccccc5ccc4c23)cc(N(c2ccc(-c3ccc4c(ccc5ccccc54)c3)cc2)c2cccc3c2sc2ccccc23)c1. The molecular formula is C54H33NOS. The summed E-state index contributed by atoms with van der Waals surface area (Å²) in [5.74, 6) is 0. The molecule has 0 bridgehead atoms. The van der Waals surface area contributed by atoms with Gasteiger partial charge in [-0.2, -0.15) is 0 Å². The van der Waals surface area contributed by atoms with Crippen LogP contribution < -0.4 is 4.90 Å². The molecule has 0 saturated heterocycles. The van der Waals surface area contributed by atoms with Crippen molar-refractivity contribution in [3.8, 4) is 22.3 Å². The summed E-state index contributed by atoms with van der Waals surface area (Å²) in [4.78, 5) is 2.43. The van der Waals surface area contributed by atoms with Crippen molar-refractivity contribution >= 4 is 103 Å². The average Bonchev–Trinajstić information content (AvgIpc) is 3.86. The summed E-state index contributed by atoms with van der Waals surface area (Å²) in [6, 6.07) is 72.8. The Kier molecular flexibility index (Phi) is 7.13. The van der Waals surface area contributed by atoms with Gasteiger partial charge >= 0.3 is 0 Å². The van der Waals surface area contributed by atoms with Crippen LogP contribution >= 0.6 is 11.3 Å². The maximum Gasteiger partial charge on any atom is 0.143 e. The minimum absolute atomic E-state index is 0.897. The lowest BCUT2D eigenvalue weighted by Gasteiger charge is -2.27. The Hall–Kier alpha value is -7.20. The highest BCUT2D eigenvalue weighted by molar-refractivity contribution is 7.26. The van der Waals surface area contributed by atoms with E-state index in [1.54, 1.807) is 0 Å². The fourth-order valence-electron chi connectivity index (χ4n) is 8.94. The monoisotopic (exact) mass is 743 g/mol. The number of fused-ring (bicyclic) bond motifs is 11. The molecule has 0 unspecified atom stereocenters. The summed E-state index contributed by atoms with van der Waals surface area (Å²) in [6.45, 7) is 0. The molecule has 2 aromatic heterocycles. The number of rotatable bonds is 5. The first kappa shape index (κ1) is 32.1. The lowest BCUT2D eigenvalue weighted by Crippen LogP contribution is -2.10. The molecule has 12 rings (SSSR count). The van der Waals surface area contributed by atoms with Crippen LogP contribution in [0, 0.1) is 0 Å². The number of hydrogen-bond acceptors (Lipinski definition) is 3. The highest BCUT2D eigenvalue weighted by atomic mass is 32.1. The Bertz CT molecular complexity index is 3540. The maximum absolute atomic E-state index is 6.60. The summed E-state index contributed by atoms with van der Waals surface area (Å²) in [5, 5.41) is 12.2. The van der Waals surface area contributed by atoms with Crippen LogP contribution in [0.15, 0.2) is 205 Å². The van der Waals surface area contributed by atoms with Gasteiger partial charge in [0.05, 0.1) is 10.4 Å². The highest BCUT2D eigenvalue weighted by Gasteiger charge is 2.20. The molecule has 2 nitrogen and oxygen atoms in total. The highest BCUT2D eigenvalue weighted by Crippen LogP contribution is 2.47. The zero-order valence-electron chi connectivity index (χ0n) is 30.8. The fraction of sp³-hybridized carbons (Fsp3) is 0. The van der Waals surface area contributed by atoms with Crippen molar-refractivity contribution in [3.05, 3.63) is 200 Å². The van der Waals surface area contributed by atoms with Crippen LogP contribution in [0.3, 0.4) is 0 Å². The number of hydrogen-bond donors (Lipinski definition) is 0. The number of anilines is 3. The maximum atomic E-state index is 6.60. The van der Waals surface area contributed by atoms with Crippen molar-refractivity contribution in [3.63, 3.8) is 0 Å². The smallest absolute Gasteiger partial charge is 0.143 e. The standard InChI is InChI=1S/C54H33NOS/c1-3-14-42-35(10-1)22-23-39-32-37(27-30-43(39)42)34-24-28-40(29-25-34)55(49-19-8-18-47-46-16-5-6-21-51(46)57-54(47)49)41-13-7-12-38(33-41)44-17-9-20-50-52(44)48-31-26-36-11-2-4-15-45(36)53(48)56-50/h1-33H. The van der Waals surface area contributed by atoms with Crippen LogP contribution in [0.1, 0.15) is 0 Å². The topological polar surface area (TPSA) is 16.4 Å². The van der Waals surface area contributed by atoms with E-state index < -0.39 is 0 Å². The van der Waals surface area contributed by atoms with E-state index in [4.69, 9.17) is 4.42 Å². The Balaban J connectivity index is 1.02. The third kappa shape index (κ3) is 5.10. The van der Waals surface area contributed by atoms with Crippen molar-refractivity contribution < 1.29 is 4.42 Å². The quantitative estimate of drug-likeness (QED) is 0.163. The molecule has 266 valence electrons. The number of furan rings is 1. The van der Waals surface area contributed by atoms with Gasteiger partial charge in [0.1, 0.15) is 11.2 Å². The van der Waals surface area contributed by atoms with Crippen LogP contribution in [0.4, 0.5) is 17.1 Å². The van der Waals surface area contributed by atoms with Gasteiger partial charge in [-0.1, -0.05) is 146 Å². The molecule has 10 aromatic carbocycles. The molecule has 0 saturated carbocycles. The molecule has 0 fully saturated rings. The van der Waals surface area contributed by atoms with Gasteiger partial charge in [-0.05, 0) is 104 Å². The number of benzene rings is 10. The molecule has 3 heteroatoms. The van der Waals surface area contributed by atoms with Crippen molar-refractivity contribution in [2.45, 2.75) is 0 Å². The zero-order chi connectivity index (χ0) is 37.5. The molecule has 0 aliphatic heterocycles. The van der Waals surface area contributed by atoms with Crippen molar-refractivity contribution in [2.24, 2.45) is 0 Å². The molecule has 0 atom stereocenters. The fourth-order valence-corrected chi connectivity index (χ4v) is 10.1. The minimum Gasteiger partial charge on any atom is -0.455 e. The van der Waals surface area contributed by atoms with Crippen molar-refractivity contribution in [1.82, 2.24) is 0 Å². The van der Waals surface area contributed by atoms with E-state index in [2.05, 4.69) is 205 Å². The van der Waals surface area contributed by atoms with E-state index in [0.717, 1.165) is 55.5 Å². The molecule has 0 aliphatic rings. The summed E-state index contributed by atoms with van der Waals surface area (Å²) in [6.07, 6.45) is 0. The zero-order valence-corrected chi connectivity index (χ0v) is 31.6. The van der Waals surface area contributed by atoms with Gasteiger partial charge in [-0.15, -0.1) is 11.3 Å². The largest absolute Gasteiger partial charge is 0.455 e. The summed E-state index contributed by atoms with van der Waals surface area (Å²) in [7, 11) is 0. The first-order valence-corrected chi connectivity index (χ1v) is 20.2. The molecule has 2 heterocycles. The van der Waals surface area contributed by atoms with Crippen molar-refractivity contribution in [2.75, 3.05) is 4.90 Å². The first-order chi connectivity index (χ1) is 28.2. The first-order valence-electron chi connectivity index (χ1n) is 19.4. The molecular weight excluding hydrogens is 711 g/mol. The molecule has 57 heavy (non-hydrogen) atoms. The second kappa shape index (κ2) is 12.7. The van der Waals surface area contributed by atoms with Gasteiger partial charge in [-0.25, -0.2) is 0 Å². The Labute approximate surface area is 333 Å². The summed E-state index contributed by atoms with van der Waals surface area (Å²) in [5.41, 5.74) is 9.88. The van der Waals surface area contributed by atoms with Gasteiger partial charge in [-0.3, -0.25) is 0 Å².